The molecule has 0 fully saturated rings. The Morgan fingerprint density at radius 2 is 1.44 bits per heavy atom. The van der Waals surface area contributed by atoms with Gasteiger partial charge in [-0.15, -0.1) is 0 Å². The zero-order chi connectivity index (χ0) is 27.3. The number of aromatic hydroxyl groups is 1. The minimum Gasteiger partial charge on any atom is -0.508 e. The molecule has 1 aromatic carbocycles. The molecule has 0 aliphatic heterocycles. The number of hydrogen-bond acceptors (Lipinski definition) is 9. The Labute approximate surface area is 213 Å². The van der Waals surface area contributed by atoms with Crippen LogP contribution in [0.1, 0.15) is 31.2 Å². The summed E-state index contributed by atoms with van der Waals surface area (Å²) in [5.74, 6) is -4.84. The molecule has 0 saturated heterocycles. The van der Waals surface area contributed by atoms with Gasteiger partial charge < -0.3 is 43.4 Å². The van der Waals surface area contributed by atoms with Gasteiger partial charge in [0.1, 0.15) is 23.9 Å². The summed E-state index contributed by atoms with van der Waals surface area (Å²) in [6.45, 7) is 0.432. The number of nitrogens with one attached hydrogen (secondary N) is 3. The summed E-state index contributed by atoms with van der Waals surface area (Å²) in [5, 5.41) is 25.8. The van der Waals surface area contributed by atoms with Crippen LogP contribution < -0.4 is 33.2 Å². The van der Waals surface area contributed by atoms with Crippen molar-refractivity contribution in [2.24, 2.45) is 17.2 Å². The number of unbranched alkanes of at least 4 members (excludes halogenated alkanes) is 1. The van der Waals surface area contributed by atoms with Crippen LogP contribution in [0.15, 0.2) is 24.3 Å². The summed E-state index contributed by atoms with van der Waals surface area (Å²) >= 11 is 3.91. The molecule has 0 spiro atoms. The molecule has 36 heavy (non-hydrogen) atoms. The number of carbonyl (C=O) groups excluding carboxylic acids is 4. The molecule has 200 valence electrons. The van der Waals surface area contributed by atoms with Gasteiger partial charge in [0.25, 0.3) is 0 Å². The molecule has 0 aliphatic rings. The third-order valence-corrected chi connectivity index (χ3v) is 5.52. The number of phenolic OH excluding ortho intramolecular Hbond substituents is 1. The zero-order valence-corrected chi connectivity index (χ0v) is 20.6. The molecule has 0 radical (unpaired) electrons. The molecular formula is C22H34N6O7S. The lowest BCUT2D eigenvalue weighted by molar-refractivity contribution is -0.141. The van der Waals surface area contributed by atoms with E-state index in [9.17, 15) is 34.2 Å². The van der Waals surface area contributed by atoms with Crippen LogP contribution in [0.25, 0.3) is 0 Å². The first-order chi connectivity index (χ1) is 17.0. The van der Waals surface area contributed by atoms with Gasteiger partial charge in [-0.05, 0) is 37.1 Å². The number of hydrogen-bond donors (Lipinski definition) is 9. The first kappa shape index (κ1) is 30.7. The van der Waals surface area contributed by atoms with Crippen LogP contribution >= 0.6 is 12.6 Å². The van der Waals surface area contributed by atoms with Crippen molar-refractivity contribution in [1.29, 1.82) is 0 Å². The van der Waals surface area contributed by atoms with Gasteiger partial charge in [0.05, 0.1) is 12.5 Å². The Morgan fingerprint density at radius 1 is 0.889 bits per heavy atom. The number of benzene rings is 1. The quantitative estimate of drug-likeness (QED) is 0.0832. The average Bonchev–Trinajstić information content (AvgIpc) is 2.82. The molecule has 11 N–H and O–H groups in total. The minimum absolute atomic E-state index is 0.0168. The normalized spacial score (nSPS) is 14.1. The summed E-state index contributed by atoms with van der Waals surface area (Å²) in [4.78, 5) is 61.2. The van der Waals surface area contributed by atoms with Crippen molar-refractivity contribution in [3.05, 3.63) is 29.8 Å². The number of nitrogens with two attached hydrogens (primary N) is 3. The van der Waals surface area contributed by atoms with Crippen LogP contribution in [-0.2, 0) is 30.4 Å². The van der Waals surface area contributed by atoms with Crippen molar-refractivity contribution >= 4 is 42.2 Å². The summed E-state index contributed by atoms with van der Waals surface area (Å²) in [5.41, 5.74) is 17.0. The van der Waals surface area contributed by atoms with Crippen LogP contribution in [0.3, 0.4) is 0 Å². The van der Waals surface area contributed by atoms with Crippen molar-refractivity contribution < 1.29 is 34.2 Å². The topological polar surface area (TPSA) is 240 Å². The number of thiol groups is 1. The lowest BCUT2D eigenvalue weighted by atomic mass is 10.0. The summed E-state index contributed by atoms with van der Waals surface area (Å²) in [7, 11) is 0. The van der Waals surface area contributed by atoms with Crippen molar-refractivity contribution in [3.8, 4) is 5.75 Å². The van der Waals surface area contributed by atoms with Gasteiger partial charge in [-0.1, -0.05) is 18.6 Å². The van der Waals surface area contributed by atoms with E-state index in [0.29, 0.717) is 31.4 Å². The summed E-state index contributed by atoms with van der Waals surface area (Å²) in [6.07, 6.45) is 0.897. The molecule has 4 amide bonds. The van der Waals surface area contributed by atoms with Gasteiger partial charge in [-0.3, -0.25) is 19.2 Å². The zero-order valence-electron chi connectivity index (χ0n) is 19.7. The number of rotatable bonds is 16. The maximum atomic E-state index is 13.0. The molecule has 1 aromatic rings. The molecular weight excluding hydrogens is 492 g/mol. The molecule has 4 unspecified atom stereocenters. The second kappa shape index (κ2) is 15.6. The average molecular weight is 527 g/mol. The number of carboxylic acids is 1. The highest BCUT2D eigenvalue weighted by Crippen LogP contribution is 2.12. The predicted molar refractivity (Wildman–Crippen MR) is 134 cm³/mol. The second-order valence-electron chi connectivity index (χ2n) is 8.14. The van der Waals surface area contributed by atoms with E-state index in [1.54, 1.807) is 0 Å². The van der Waals surface area contributed by atoms with E-state index in [2.05, 4.69) is 28.6 Å². The third kappa shape index (κ3) is 10.9. The van der Waals surface area contributed by atoms with E-state index < -0.39 is 60.2 Å². The van der Waals surface area contributed by atoms with E-state index in [1.807, 2.05) is 0 Å². The SMILES string of the molecule is NCCCCC(N)C(=O)NC(CC(N)=O)C(=O)NC(Cc1ccc(O)cc1)C(=O)NC(CS)C(=O)O. The first-order valence-corrected chi connectivity index (χ1v) is 11.9. The van der Waals surface area contributed by atoms with E-state index in [0.717, 1.165) is 0 Å². The lowest BCUT2D eigenvalue weighted by Crippen LogP contribution is -2.58. The van der Waals surface area contributed by atoms with Crippen molar-refractivity contribution in [2.75, 3.05) is 12.3 Å². The maximum absolute atomic E-state index is 13.0. The second-order valence-corrected chi connectivity index (χ2v) is 8.50. The van der Waals surface area contributed by atoms with Gasteiger partial charge in [0.2, 0.25) is 23.6 Å². The van der Waals surface area contributed by atoms with Crippen molar-refractivity contribution in [1.82, 2.24) is 16.0 Å². The first-order valence-electron chi connectivity index (χ1n) is 11.2. The van der Waals surface area contributed by atoms with Crippen LogP contribution in [-0.4, -0.2) is 76.3 Å². The summed E-state index contributed by atoms with van der Waals surface area (Å²) < 4.78 is 0. The molecule has 0 bridgehead atoms. The van der Waals surface area contributed by atoms with E-state index in [-0.39, 0.29) is 17.9 Å². The fourth-order valence-electron chi connectivity index (χ4n) is 3.14. The number of primary amides is 1. The Hall–Kier alpha value is -3.36. The Kier molecular flexibility index (Phi) is 13.3. The predicted octanol–water partition coefficient (Wildman–Crippen LogP) is -2.26. The van der Waals surface area contributed by atoms with Crippen LogP contribution in [0.2, 0.25) is 0 Å². The van der Waals surface area contributed by atoms with Gasteiger partial charge >= 0.3 is 5.97 Å². The summed E-state index contributed by atoms with van der Waals surface area (Å²) in [6, 6.07) is 0.774. The van der Waals surface area contributed by atoms with Crippen LogP contribution in [0.4, 0.5) is 0 Å². The maximum Gasteiger partial charge on any atom is 0.327 e. The molecule has 0 aromatic heterocycles. The molecule has 4 atom stereocenters. The van der Waals surface area contributed by atoms with Crippen molar-refractivity contribution in [2.45, 2.75) is 56.3 Å². The highest BCUT2D eigenvalue weighted by atomic mass is 32.1. The Bertz CT molecular complexity index is 915. The van der Waals surface area contributed by atoms with E-state index in [1.165, 1.54) is 24.3 Å². The highest BCUT2D eigenvalue weighted by Gasteiger charge is 2.31. The smallest absolute Gasteiger partial charge is 0.327 e. The lowest BCUT2D eigenvalue weighted by Gasteiger charge is -2.24. The van der Waals surface area contributed by atoms with Gasteiger partial charge in [0, 0.05) is 12.2 Å². The number of phenols is 1. The molecule has 0 saturated carbocycles. The third-order valence-electron chi connectivity index (χ3n) is 5.15. The Morgan fingerprint density at radius 3 is 1.97 bits per heavy atom. The van der Waals surface area contributed by atoms with Gasteiger partial charge in [-0.25, -0.2) is 4.79 Å². The number of carboxylic acid groups (broad SMARTS) is 1. The molecule has 1 rings (SSSR count). The van der Waals surface area contributed by atoms with Crippen LogP contribution in [0, 0.1) is 0 Å². The van der Waals surface area contributed by atoms with E-state index >= 15 is 0 Å². The molecule has 0 heterocycles. The fraction of sp³-hybridized carbons (Fsp3) is 0.500. The number of amides is 4. The highest BCUT2D eigenvalue weighted by molar-refractivity contribution is 7.80. The number of aliphatic carboxylic acids is 1. The van der Waals surface area contributed by atoms with E-state index in [4.69, 9.17) is 17.2 Å². The number of carbonyl (C=O) groups is 5. The molecule has 14 heteroatoms. The molecule has 0 aliphatic carbocycles. The minimum atomic E-state index is -1.43. The largest absolute Gasteiger partial charge is 0.508 e. The standard InChI is InChI=1S/C22H34N6O7S/c23-8-2-1-3-14(24)19(31)26-16(10-18(25)30)21(33)27-15(9-12-4-6-13(29)7-5-12)20(32)28-17(11-36)22(34)35/h4-7,14-17,29,36H,1-3,8-11,23-24H2,(H2,25,30)(H,26,31)(H,27,33)(H,28,32)(H,34,35). The van der Waals surface area contributed by atoms with Crippen molar-refractivity contribution in [3.63, 3.8) is 0 Å². The van der Waals surface area contributed by atoms with Gasteiger partial charge in [0.15, 0.2) is 0 Å². The fourth-order valence-corrected chi connectivity index (χ4v) is 3.38. The van der Waals surface area contributed by atoms with Crippen LogP contribution in [0.5, 0.6) is 5.75 Å². The molecule has 13 nitrogen and oxygen atoms in total. The van der Waals surface area contributed by atoms with Gasteiger partial charge in [-0.2, -0.15) is 12.6 Å². The monoisotopic (exact) mass is 526 g/mol. The Balaban J connectivity index is 3.07.